The second kappa shape index (κ2) is 6.78. The molecule has 5 nitrogen and oxygen atoms in total. The van der Waals surface area contributed by atoms with Crippen LogP contribution in [-0.4, -0.2) is 40.1 Å². The van der Waals surface area contributed by atoms with Gasteiger partial charge in [-0.2, -0.15) is 0 Å². The highest BCUT2D eigenvalue weighted by atomic mass is 16.4. The number of hydrogen-bond donors (Lipinski definition) is 2. The van der Waals surface area contributed by atoms with Crippen molar-refractivity contribution in [2.24, 2.45) is 0 Å². The van der Waals surface area contributed by atoms with Gasteiger partial charge >= 0.3 is 12.0 Å². The molecule has 0 aliphatic carbocycles. The Morgan fingerprint density at radius 2 is 2.00 bits per heavy atom. The van der Waals surface area contributed by atoms with E-state index < -0.39 is 11.5 Å². The van der Waals surface area contributed by atoms with Crippen LogP contribution in [0.5, 0.6) is 0 Å². The number of carboxylic acids is 1. The maximum atomic E-state index is 12.3. The molecule has 1 saturated heterocycles. The first-order chi connectivity index (χ1) is 8.85. The van der Waals surface area contributed by atoms with E-state index >= 15 is 0 Å². The van der Waals surface area contributed by atoms with Crippen LogP contribution in [0.1, 0.15) is 59.3 Å². The molecule has 0 aromatic heterocycles. The summed E-state index contributed by atoms with van der Waals surface area (Å²) in [7, 11) is 0. The molecule has 110 valence electrons. The summed E-state index contributed by atoms with van der Waals surface area (Å²) in [5, 5.41) is 11.7. The maximum Gasteiger partial charge on any atom is 0.318 e. The van der Waals surface area contributed by atoms with E-state index in [0.29, 0.717) is 0 Å². The number of nitrogens with one attached hydrogen (secondary N) is 1. The molecule has 1 unspecified atom stereocenters. The SMILES string of the molecule is CCC1CCCCCN1C(=O)NC(C)(C)CC(=O)O. The van der Waals surface area contributed by atoms with Crippen molar-refractivity contribution in [1.82, 2.24) is 10.2 Å². The zero-order valence-corrected chi connectivity index (χ0v) is 12.2. The molecule has 0 aromatic carbocycles. The number of likely N-dealkylation sites (tertiary alicyclic amines) is 1. The van der Waals surface area contributed by atoms with E-state index in [-0.39, 0.29) is 18.5 Å². The minimum absolute atomic E-state index is 0.0661. The van der Waals surface area contributed by atoms with Crippen molar-refractivity contribution in [1.29, 1.82) is 0 Å². The lowest BCUT2D eigenvalue weighted by Gasteiger charge is -2.33. The van der Waals surface area contributed by atoms with Gasteiger partial charge in [0.05, 0.1) is 6.42 Å². The lowest BCUT2D eigenvalue weighted by molar-refractivity contribution is -0.138. The minimum Gasteiger partial charge on any atom is -0.481 e. The number of carbonyl (C=O) groups is 2. The van der Waals surface area contributed by atoms with Crippen molar-refractivity contribution >= 4 is 12.0 Å². The van der Waals surface area contributed by atoms with Crippen LogP contribution < -0.4 is 5.32 Å². The second-order valence-corrected chi connectivity index (χ2v) is 5.99. The molecule has 1 fully saturated rings. The third kappa shape index (κ3) is 5.09. The summed E-state index contributed by atoms with van der Waals surface area (Å²) in [5.41, 5.74) is -0.715. The van der Waals surface area contributed by atoms with Gasteiger partial charge in [0.1, 0.15) is 0 Å². The van der Waals surface area contributed by atoms with Crippen molar-refractivity contribution in [3.63, 3.8) is 0 Å². The first-order valence-corrected chi connectivity index (χ1v) is 7.16. The Hall–Kier alpha value is -1.26. The van der Waals surface area contributed by atoms with Crippen molar-refractivity contribution in [3.8, 4) is 0 Å². The smallest absolute Gasteiger partial charge is 0.318 e. The fourth-order valence-electron chi connectivity index (χ4n) is 2.65. The summed E-state index contributed by atoms with van der Waals surface area (Å²) < 4.78 is 0. The third-order valence-electron chi connectivity index (χ3n) is 3.65. The van der Waals surface area contributed by atoms with Gasteiger partial charge in [-0.25, -0.2) is 4.79 Å². The van der Waals surface area contributed by atoms with Gasteiger partial charge in [0.25, 0.3) is 0 Å². The number of aliphatic carboxylic acids is 1. The van der Waals surface area contributed by atoms with Gasteiger partial charge in [-0.15, -0.1) is 0 Å². The molecule has 0 radical (unpaired) electrons. The van der Waals surface area contributed by atoms with Crippen molar-refractivity contribution < 1.29 is 14.7 Å². The van der Waals surface area contributed by atoms with Crippen molar-refractivity contribution in [2.75, 3.05) is 6.54 Å². The molecule has 5 heteroatoms. The Bertz CT molecular complexity index is 329. The average Bonchev–Trinajstić information content (AvgIpc) is 2.50. The Morgan fingerprint density at radius 1 is 1.32 bits per heavy atom. The third-order valence-corrected chi connectivity index (χ3v) is 3.65. The van der Waals surface area contributed by atoms with Gasteiger partial charge < -0.3 is 15.3 Å². The zero-order chi connectivity index (χ0) is 14.5. The Kier molecular flexibility index (Phi) is 5.63. The molecule has 0 bridgehead atoms. The van der Waals surface area contributed by atoms with E-state index in [4.69, 9.17) is 5.11 Å². The van der Waals surface area contributed by atoms with Crippen LogP contribution in [0.25, 0.3) is 0 Å². The van der Waals surface area contributed by atoms with Gasteiger partial charge in [-0.3, -0.25) is 4.79 Å². The number of carbonyl (C=O) groups excluding carboxylic acids is 1. The monoisotopic (exact) mass is 270 g/mol. The van der Waals surface area contributed by atoms with E-state index in [0.717, 1.165) is 25.8 Å². The Labute approximate surface area is 115 Å². The number of hydrogen-bond acceptors (Lipinski definition) is 2. The molecule has 2 N–H and O–H groups in total. The number of urea groups is 1. The Balaban J connectivity index is 2.66. The van der Waals surface area contributed by atoms with Crippen LogP contribution in [0.2, 0.25) is 0 Å². The van der Waals surface area contributed by atoms with E-state index in [1.165, 1.54) is 12.8 Å². The van der Waals surface area contributed by atoms with Gasteiger partial charge in [-0.1, -0.05) is 19.8 Å². The summed E-state index contributed by atoms with van der Waals surface area (Å²) in [4.78, 5) is 25.0. The topological polar surface area (TPSA) is 69.6 Å². The highest BCUT2D eigenvalue weighted by Gasteiger charge is 2.29. The quantitative estimate of drug-likeness (QED) is 0.825. The molecular weight excluding hydrogens is 244 g/mol. The highest BCUT2D eigenvalue weighted by Crippen LogP contribution is 2.20. The first kappa shape index (κ1) is 15.8. The lowest BCUT2D eigenvalue weighted by atomic mass is 10.0. The predicted molar refractivity (Wildman–Crippen MR) is 74.1 cm³/mol. The van der Waals surface area contributed by atoms with E-state index in [1.807, 2.05) is 4.90 Å². The molecule has 1 aliphatic heterocycles. The summed E-state index contributed by atoms with van der Waals surface area (Å²) in [6, 6.07) is 0.156. The predicted octanol–water partition coefficient (Wildman–Crippen LogP) is 2.60. The number of carboxylic acid groups (broad SMARTS) is 1. The first-order valence-electron chi connectivity index (χ1n) is 7.16. The van der Waals surface area contributed by atoms with Crippen LogP contribution in [0.4, 0.5) is 4.79 Å². The minimum atomic E-state index is -0.895. The fraction of sp³-hybridized carbons (Fsp3) is 0.857. The standard InChI is InChI=1S/C14H26N2O3/c1-4-11-8-6-5-7-9-16(11)13(19)15-14(2,3)10-12(17)18/h11H,4-10H2,1-3H3,(H,15,19)(H,17,18). The van der Waals surface area contributed by atoms with Crippen LogP contribution in [-0.2, 0) is 4.79 Å². The number of rotatable bonds is 4. The van der Waals surface area contributed by atoms with Crippen LogP contribution in [0, 0.1) is 0 Å². The van der Waals surface area contributed by atoms with E-state index in [9.17, 15) is 9.59 Å². The fourth-order valence-corrected chi connectivity index (χ4v) is 2.65. The Morgan fingerprint density at radius 3 is 2.58 bits per heavy atom. The molecule has 0 aromatic rings. The molecule has 1 aliphatic rings. The molecule has 2 amide bonds. The summed E-state index contributed by atoms with van der Waals surface area (Å²) >= 11 is 0. The van der Waals surface area contributed by atoms with Crippen molar-refractivity contribution in [3.05, 3.63) is 0 Å². The van der Waals surface area contributed by atoms with Gasteiger partial charge in [0.15, 0.2) is 0 Å². The van der Waals surface area contributed by atoms with Crippen LogP contribution in [0.3, 0.4) is 0 Å². The average molecular weight is 270 g/mol. The van der Waals surface area contributed by atoms with Gasteiger partial charge in [0, 0.05) is 18.1 Å². The molecule has 0 spiro atoms. The van der Waals surface area contributed by atoms with Gasteiger partial charge in [0.2, 0.25) is 0 Å². The molecule has 1 rings (SSSR count). The zero-order valence-electron chi connectivity index (χ0n) is 12.2. The maximum absolute atomic E-state index is 12.3. The molecule has 19 heavy (non-hydrogen) atoms. The van der Waals surface area contributed by atoms with Crippen LogP contribution >= 0.6 is 0 Å². The molecule has 1 atom stereocenters. The summed E-state index contributed by atoms with van der Waals surface area (Å²) in [5.74, 6) is -0.895. The summed E-state index contributed by atoms with van der Waals surface area (Å²) in [6.45, 7) is 6.36. The second-order valence-electron chi connectivity index (χ2n) is 5.99. The van der Waals surface area contributed by atoms with E-state index in [1.54, 1.807) is 13.8 Å². The summed E-state index contributed by atoms with van der Waals surface area (Å²) in [6.07, 6.45) is 5.29. The lowest BCUT2D eigenvalue weighted by Crippen LogP contribution is -2.53. The molecular formula is C14H26N2O3. The van der Waals surface area contributed by atoms with Crippen LogP contribution in [0.15, 0.2) is 0 Å². The number of nitrogens with zero attached hydrogens (tertiary/aromatic N) is 1. The van der Waals surface area contributed by atoms with E-state index in [2.05, 4.69) is 12.2 Å². The highest BCUT2D eigenvalue weighted by molar-refractivity contribution is 5.77. The largest absolute Gasteiger partial charge is 0.481 e. The van der Waals surface area contributed by atoms with Gasteiger partial charge in [-0.05, 0) is 33.1 Å². The normalized spacial score (nSPS) is 20.8. The number of amides is 2. The molecule has 1 heterocycles. The molecule has 0 saturated carbocycles. The van der Waals surface area contributed by atoms with Crippen molar-refractivity contribution in [2.45, 2.75) is 70.9 Å².